The molecule has 10 heavy (non-hydrogen) atoms. The fraction of sp³-hybridized carbons (Fsp3) is 0.857. The zero-order chi connectivity index (χ0) is 7.19. The Kier molecular flexibility index (Phi) is 1.05. The van der Waals surface area contributed by atoms with Crippen molar-refractivity contribution >= 4 is 0 Å². The fourth-order valence-electron chi connectivity index (χ4n) is 1.66. The summed E-state index contributed by atoms with van der Waals surface area (Å²) < 4.78 is 5.31. The first-order valence-corrected chi connectivity index (χ1v) is 3.50. The van der Waals surface area contributed by atoms with E-state index < -0.39 is 5.60 Å². The van der Waals surface area contributed by atoms with Crippen LogP contribution in [0.15, 0.2) is 0 Å². The van der Waals surface area contributed by atoms with Gasteiger partial charge >= 0.3 is 0 Å². The quantitative estimate of drug-likeness (QED) is 0.558. The van der Waals surface area contributed by atoms with Gasteiger partial charge in [0, 0.05) is 5.92 Å². The van der Waals surface area contributed by atoms with E-state index in [0.717, 1.165) is 12.8 Å². The number of fused-ring (bicyclic) bond motifs is 1. The van der Waals surface area contributed by atoms with Crippen LogP contribution >= 0.6 is 0 Å². The molecule has 1 heterocycles. The molecule has 1 aliphatic carbocycles. The van der Waals surface area contributed by atoms with E-state index in [-0.39, 0.29) is 12.7 Å². The lowest BCUT2D eigenvalue weighted by Gasteiger charge is -2.09. The summed E-state index contributed by atoms with van der Waals surface area (Å²) in [4.78, 5) is 0. The van der Waals surface area contributed by atoms with Gasteiger partial charge in [-0.25, -0.2) is 0 Å². The van der Waals surface area contributed by atoms with Crippen molar-refractivity contribution in [3.05, 3.63) is 0 Å². The van der Waals surface area contributed by atoms with E-state index in [0.29, 0.717) is 5.92 Å². The number of aliphatic hydroxyl groups is 1. The number of hydrogen-bond acceptors (Lipinski definition) is 3. The van der Waals surface area contributed by atoms with Gasteiger partial charge in [-0.1, -0.05) is 0 Å². The molecule has 2 fully saturated rings. The standard InChI is InChI=1S/C7H9NO2/c8-4-7-2-5(7)1-6(3-9)10-7/h5-6,9H,1-3H2/t5?,6-,7+/m0/s1. The van der Waals surface area contributed by atoms with Gasteiger partial charge in [0.05, 0.1) is 18.8 Å². The highest BCUT2D eigenvalue weighted by Gasteiger charge is 2.62. The monoisotopic (exact) mass is 139 g/mol. The predicted octanol–water partition coefficient (Wildman–Crippen LogP) is 0.0499. The highest BCUT2D eigenvalue weighted by atomic mass is 16.5. The van der Waals surface area contributed by atoms with Crippen LogP contribution in [0.5, 0.6) is 0 Å². The lowest BCUT2D eigenvalue weighted by Crippen LogP contribution is -2.18. The molecule has 0 bridgehead atoms. The van der Waals surface area contributed by atoms with Crippen molar-refractivity contribution < 1.29 is 9.84 Å². The van der Waals surface area contributed by atoms with Crippen LogP contribution in [0.1, 0.15) is 12.8 Å². The molecule has 0 spiro atoms. The van der Waals surface area contributed by atoms with Gasteiger partial charge in [0.15, 0.2) is 5.60 Å². The Morgan fingerprint density at radius 1 is 1.80 bits per heavy atom. The predicted molar refractivity (Wildman–Crippen MR) is 33.0 cm³/mol. The highest BCUT2D eigenvalue weighted by Crippen LogP contribution is 2.55. The molecule has 0 aromatic rings. The van der Waals surface area contributed by atoms with Crippen LogP contribution in [-0.2, 0) is 4.74 Å². The first-order valence-electron chi connectivity index (χ1n) is 3.50. The van der Waals surface area contributed by atoms with E-state index in [1.165, 1.54) is 0 Å². The second-order valence-corrected chi connectivity index (χ2v) is 3.06. The number of hydrogen-bond donors (Lipinski definition) is 1. The van der Waals surface area contributed by atoms with Crippen LogP contribution in [0.4, 0.5) is 0 Å². The summed E-state index contributed by atoms with van der Waals surface area (Å²) in [5.41, 5.74) is -0.479. The topological polar surface area (TPSA) is 53.2 Å². The van der Waals surface area contributed by atoms with Crippen molar-refractivity contribution in [1.29, 1.82) is 5.26 Å². The third-order valence-electron chi connectivity index (χ3n) is 2.37. The summed E-state index contributed by atoms with van der Waals surface area (Å²) in [6.07, 6.45) is 1.67. The Bertz CT molecular complexity index is 198. The molecule has 1 unspecified atom stereocenters. The Hall–Kier alpha value is -0.590. The van der Waals surface area contributed by atoms with Crippen molar-refractivity contribution in [2.45, 2.75) is 24.5 Å². The maximum absolute atomic E-state index is 8.68. The molecule has 0 radical (unpaired) electrons. The summed E-state index contributed by atoms with van der Waals surface area (Å²) >= 11 is 0. The minimum atomic E-state index is -0.479. The summed E-state index contributed by atoms with van der Waals surface area (Å²) in [7, 11) is 0. The van der Waals surface area contributed by atoms with Gasteiger partial charge in [-0.15, -0.1) is 0 Å². The summed E-state index contributed by atoms with van der Waals surface area (Å²) in [5.74, 6) is 0.412. The highest BCUT2D eigenvalue weighted by molar-refractivity contribution is 5.23. The van der Waals surface area contributed by atoms with E-state index in [1.807, 2.05) is 0 Å². The van der Waals surface area contributed by atoms with Gasteiger partial charge < -0.3 is 9.84 Å². The lowest BCUT2D eigenvalue weighted by molar-refractivity contribution is 0.00227. The normalized spacial score (nSPS) is 50.0. The first-order chi connectivity index (χ1) is 4.80. The molecule has 1 N–H and O–H groups in total. The third-order valence-corrected chi connectivity index (χ3v) is 2.37. The third kappa shape index (κ3) is 0.606. The Balaban J connectivity index is 2.05. The van der Waals surface area contributed by atoms with Crippen LogP contribution < -0.4 is 0 Å². The van der Waals surface area contributed by atoms with Gasteiger partial charge in [0.25, 0.3) is 0 Å². The van der Waals surface area contributed by atoms with Crippen molar-refractivity contribution in [3.63, 3.8) is 0 Å². The minimum Gasteiger partial charge on any atom is -0.394 e. The number of ether oxygens (including phenoxy) is 1. The van der Waals surface area contributed by atoms with E-state index in [2.05, 4.69) is 6.07 Å². The molecule has 54 valence electrons. The Morgan fingerprint density at radius 3 is 3.00 bits per heavy atom. The molecule has 1 aliphatic heterocycles. The molecule has 3 nitrogen and oxygen atoms in total. The first kappa shape index (κ1) is 6.14. The van der Waals surface area contributed by atoms with Crippen molar-refractivity contribution in [3.8, 4) is 6.07 Å². The molecule has 0 aromatic heterocycles. The maximum Gasteiger partial charge on any atom is 0.158 e. The molecule has 2 aliphatic rings. The fourth-order valence-corrected chi connectivity index (χ4v) is 1.66. The molecule has 0 aromatic carbocycles. The number of nitrogens with zero attached hydrogens (tertiary/aromatic N) is 1. The molecular formula is C7H9NO2. The number of nitriles is 1. The molecule has 3 atom stereocenters. The summed E-state index contributed by atoms with van der Waals surface area (Å²) in [6, 6.07) is 2.15. The van der Waals surface area contributed by atoms with Crippen molar-refractivity contribution in [2.75, 3.05) is 6.61 Å². The SMILES string of the molecule is N#C[C@]12CC1C[C@@H](CO)O2. The number of rotatable bonds is 1. The van der Waals surface area contributed by atoms with Gasteiger partial charge in [0.2, 0.25) is 0 Å². The van der Waals surface area contributed by atoms with Crippen molar-refractivity contribution in [2.24, 2.45) is 5.92 Å². The van der Waals surface area contributed by atoms with E-state index in [4.69, 9.17) is 15.1 Å². The van der Waals surface area contributed by atoms with Crippen LogP contribution in [0.3, 0.4) is 0 Å². The summed E-state index contributed by atoms with van der Waals surface area (Å²) in [5, 5.41) is 17.3. The number of aliphatic hydroxyl groups excluding tert-OH is 1. The smallest absolute Gasteiger partial charge is 0.158 e. The van der Waals surface area contributed by atoms with Crippen LogP contribution in [0.2, 0.25) is 0 Å². The second-order valence-electron chi connectivity index (χ2n) is 3.06. The largest absolute Gasteiger partial charge is 0.394 e. The molecule has 0 amide bonds. The zero-order valence-electron chi connectivity index (χ0n) is 5.58. The Morgan fingerprint density at radius 2 is 2.60 bits per heavy atom. The van der Waals surface area contributed by atoms with Crippen LogP contribution in [0.25, 0.3) is 0 Å². The maximum atomic E-state index is 8.68. The molecule has 2 rings (SSSR count). The lowest BCUT2D eigenvalue weighted by atomic mass is 10.2. The van der Waals surface area contributed by atoms with E-state index in [9.17, 15) is 0 Å². The minimum absolute atomic E-state index is 0.0555. The van der Waals surface area contributed by atoms with Crippen LogP contribution in [0, 0.1) is 17.2 Å². The average molecular weight is 139 g/mol. The molecule has 3 heteroatoms. The molecular weight excluding hydrogens is 130 g/mol. The molecule has 1 saturated heterocycles. The van der Waals surface area contributed by atoms with E-state index in [1.54, 1.807) is 0 Å². The van der Waals surface area contributed by atoms with Gasteiger partial charge in [0.1, 0.15) is 0 Å². The average Bonchev–Trinajstić information content (AvgIpc) is 2.55. The van der Waals surface area contributed by atoms with Gasteiger partial charge in [-0.05, 0) is 12.8 Å². The zero-order valence-corrected chi connectivity index (χ0v) is 5.58. The van der Waals surface area contributed by atoms with Crippen molar-refractivity contribution in [1.82, 2.24) is 0 Å². The Labute approximate surface area is 59.2 Å². The van der Waals surface area contributed by atoms with Gasteiger partial charge in [-0.3, -0.25) is 0 Å². The summed E-state index contributed by atoms with van der Waals surface area (Å²) in [6.45, 7) is 0.0555. The molecule has 1 saturated carbocycles. The van der Waals surface area contributed by atoms with E-state index >= 15 is 0 Å². The van der Waals surface area contributed by atoms with Gasteiger partial charge in [-0.2, -0.15) is 5.26 Å². The second kappa shape index (κ2) is 1.71. The van der Waals surface area contributed by atoms with Crippen LogP contribution in [-0.4, -0.2) is 23.4 Å².